The molecular weight excluding hydrogens is 466 g/mol. The lowest BCUT2D eigenvalue weighted by molar-refractivity contribution is -0.178. The second kappa shape index (κ2) is 10.2. The smallest absolute Gasteiger partial charge is 0.153 e. The molecule has 9 nitrogen and oxygen atoms in total. The van der Waals surface area contributed by atoms with Crippen LogP contribution in [0, 0.1) is 5.41 Å². The van der Waals surface area contributed by atoms with E-state index in [1.807, 2.05) is 4.68 Å². The van der Waals surface area contributed by atoms with Crippen LogP contribution in [0.15, 0.2) is 12.3 Å². The minimum Gasteiger partial charge on any atom is -0.376 e. The Labute approximate surface area is 220 Å². The van der Waals surface area contributed by atoms with Crippen molar-refractivity contribution >= 4 is 5.82 Å². The highest BCUT2D eigenvalue weighted by molar-refractivity contribution is 5.44. The first-order valence-corrected chi connectivity index (χ1v) is 14.4. The van der Waals surface area contributed by atoms with Gasteiger partial charge in [-0.3, -0.25) is 0 Å². The van der Waals surface area contributed by atoms with E-state index in [1.165, 1.54) is 32.2 Å². The number of anilines is 1. The van der Waals surface area contributed by atoms with E-state index >= 15 is 0 Å². The van der Waals surface area contributed by atoms with Gasteiger partial charge in [0.25, 0.3) is 0 Å². The lowest BCUT2D eigenvalue weighted by Gasteiger charge is -2.47. The average Bonchev–Trinajstić information content (AvgIpc) is 3.65. The number of likely N-dealkylation sites (tertiary alicyclic amines) is 1. The first-order valence-electron chi connectivity index (χ1n) is 14.4. The summed E-state index contributed by atoms with van der Waals surface area (Å²) in [5.74, 6) is 3.65. The lowest BCUT2D eigenvalue weighted by atomic mass is 9.73. The van der Waals surface area contributed by atoms with Crippen LogP contribution in [0.1, 0.15) is 95.6 Å². The van der Waals surface area contributed by atoms with E-state index in [9.17, 15) is 0 Å². The first-order chi connectivity index (χ1) is 17.9. The molecule has 2 aromatic rings. The van der Waals surface area contributed by atoms with Gasteiger partial charge in [0.15, 0.2) is 11.6 Å². The number of ether oxygens (including phenoxy) is 2. The van der Waals surface area contributed by atoms with Gasteiger partial charge in [-0.15, -0.1) is 5.10 Å². The van der Waals surface area contributed by atoms with E-state index in [-0.39, 0.29) is 5.60 Å². The van der Waals surface area contributed by atoms with Crippen LogP contribution in [0.5, 0.6) is 0 Å². The molecule has 9 heteroatoms. The summed E-state index contributed by atoms with van der Waals surface area (Å²) in [6, 6.07) is 2.52. The van der Waals surface area contributed by atoms with Crippen molar-refractivity contribution in [2.75, 3.05) is 44.8 Å². The molecule has 2 aliphatic carbocycles. The molecule has 1 spiro atoms. The predicted molar refractivity (Wildman–Crippen MR) is 142 cm³/mol. The predicted octanol–water partition coefficient (Wildman–Crippen LogP) is 4.30. The molecule has 2 saturated heterocycles. The van der Waals surface area contributed by atoms with Crippen molar-refractivity contribution in [1.29, 1.82) is 0 Å². The van der Waals surface area contributed by atoms with Crippen molar-refractivity contribution in [2.45, 2.75) is 95.6 Å². The zero-order valence-corrected chi connectivity index (χ0v) is 22.8. The van der Waals surface area contributed by atoms with Crippen LogP contribution in [0.3, 0.4) is 0 Å². The standard InChI is InChI=1S/C28H43N7O2/c1-20(2)25-31-26(21-4-5-21)35(33-25)23-16-24(32-29-17-23)30-22-6-8-27(3,9-7-22)18-34-12-10-28(11-13-34)19-36-14-15-37-28/h16-17,20-22H,4-15,18-19H2,1-3H3,(H,30,32). The number of rotatable bonds is 7. The van der Waals surface area contributed by atoms with E-state index in [0.717, 1.165) is 81.7 Å². The Morgan fingerprint density at radius 3 is 2.54 bits per heavy atom. The van der Waals surface area contributed by atoms with Crippen LogP contribution in [0.4, 0.5) is 5.82 Å². The normalized spacial score (nSPS) is 28.6. The Morgan fingerprint density at radius 1 is 1.08 bits per heavy atom. The van der Waals surface area contributed by atoms with E-state index in [4.69, 9.17) is 19.6 Å². The topological polar surface area (TPSA) is 90.2 Å². The van der Waals surface area contributed by atoms with Crippen LogP contribution in [-0.2, 0) is 9.47 Å². The van der Waals surface area contributed by atoms with Crippen LogP contribution >= 0.6 is 0 Å². The molecule has 4 fully saturated rings. The van der Waals surface area contributed by atoms with Gasteiger partial charge in [-0.2, -0.15) is 10.2 Å². The summed E-state index contributed by atoms with van der Waals surface area (Å²) < 4.78 is 13.9. The first kappa shape index (κ1) is 25.2. The molecule has 0 unspecified atom stereocenters. The van der Waals surface area contributed by atoms with Gasteiger partial charge in [0.2, 0.25) is 0 Å². The summed E-state index contributed by atoms with van der Waals surface area (Å²) in [5, 5.41) is 17.2. The Balaban J connectivity index is 1.04. The fourth-order valence-corrected chi connectivity index (χ4v) is 6.31. The highest BCUT2D eigenvalue weighted by atomic mass is 16.6. The monoisotopic (exact) mass is 509 g/mol. The zero-order valence-electron chi connectivity index (χ0n) is 22.8. The average molecular weight is 510 g/mol. The lowest BCUT2D eigenvalue weighted by Crippen LogP contribution is -2.53. The maximum Gasteiger partial charge on any atom is 0.153 e. The molecule has 0 atom stereocenters. The van der Waals surface area contributed by atoms with Crippen LogP contribution < -0.4 is 5.32 Å². The third-order valence-corrected chi connectivity index (χ3v) is 8.91. The van der Waals surface area contributed by atoms with Gasteiger partial charge in [-0.25, -0.2) is 9.67 Å². The van der Waals surface area contributed by atoms with Crippen molar-refractivity contribution in [1.82, 2.24) is 29.9 Å². The molecule has 6 rings (SSSR count). The van der Waals surface area contributed by atoms with E-state index in [2.05, 4.69) is 47.3 Å². The number of aromatic nitrogens is 5. The maximum absolute atomic E-state index is 6.13. The number of hydrogen-bond donors (Lipinski definition) is 1. The molecule has 4 heterocycles. The van der Waals surface area contributed by atoms with Crippen LogP contribution in [0.25, 0.3) is 5.69 Å². The molecule has 2 saturated carbocycles. The van der Waals surface area contributed by atoms with Gasteiger partial charge < -0.3 is 19.7 Å². The number of nitrogens with one attached hydrogen (secondary N) is 1. The molecule has 4 aliphatic rings. The summed E-state index contributed by atoms with van der Waals surface area (Å²) in [5.41, 5.74) is 1.30. The third-order valence-electron chi connectivity index (χ3n) is 8.91. The van der Waals surface area contributed by atoms with Crippen LogP contribution in [0.2, 0.25) is 0 Å². The Bertz CT molecular complexity index is 1060. The van der Waals surface area contributed by atoms with Crippen molar-refractivity contribution in [3.05, 3.63) is 23.9 Å². The molecule has 0 radical (unpaired) electrons. The Morgan fingerprint density at radius 2 is 1.86 bits per heavy atom. The maximum atomic E-state index is 6.13. The highest BCUT2D eigenvalue weighted by Gasteiger charge is 2.40. The Kier molecular flexibility index (Phi) is 6.96. The second-order valence-electron chi connectivity index (χ2n) is 12.6. The molecule has 0 bridgehead atoms. The fraction of sp³-hybridized carbons (Fsp3) is 0.786. The molecule has 0 aromatic carbocycles. The van der Waals surface area contributed by atoms with E-state index in [0.29, 0.717) is 23.3 Å². The zero-order chi connectivity index (χ0) is 25.5. The summed E-state index contributed by atoms with van der Waals surface area (Å²) in [6.45, 7) is 12.5. The largest absolute Gasteiger partial charge is 0.376 e. The van der Waals surface area contributed by atoms with E-state index < -0.39 is 0 Å². The van der Waals surface area contributed by atoms with Crippen molar-refractivity contribution in [3.63, 3.8) is 0 Å². The summed E-state index contributed by atoms with van der Waals surface area (Å²) >= 11 is 0. The van der Waals surface area contributed by atoms with Crippen LogP contribution in [-0.4, -0.2) is 81.0 Å². The van der Waals surface area contributed by atoms with Crippen molar-refractivity contribution < 1.29 is 9.47 Å². The van der Waals surface area contributed by atoms with Gasteiger partial charge in [0.05, 0.1) is 37.3 Å². The molecule has 2 aliphatic heterocycles. The minimum atomic E-state index is -0.0190. The van der Waals surface area contributed by atoms with Crippen molar-refractivity contribution in [2.24, 2.45) is 5.41 Å². The molecule has 37 heavy (non-hydrogen) atoms. The van der Waals surface area contributed by atoms with Gasteiger partial charge in [0, 0.05) is 43.6 Å². The van der Waals surface area contributed by atoms with Gasteiger partial charge in [0.1, 0.15) is 5.82 Å². The molecule has 1 N–H and O–H groups in total. The summed E-state index contributed by atoms with van der Waals surface area (Å²) in [4.78, 5) is 7.51. The minimum absolute atomic E-state index is 0.0190. The second-order valence-corrected chi connectivity index (χ2v) is 12.6. The molecule has 202 valence electrons. The Hall–Kier alpha value is -2.10. The van der Waals surface area contributed by atoms with Gasteiger partial charge in [-0.1, -0.05) is 20.8 Å². The quantitative estimate of drug-likeness (QED) is 0.591. The molecular formula is C28H43N7O2. The number of hydrogen-bond acceptors (Lipinski definition) is 8. The SMILES string of the molecule is CC(C)c1nc(C2CC2)n(-c2cnnc(NC3CCC(C)(CN4CCC5(CC4)COCCO5)CC3)c2)n1. The summed E-state index contributed by atoms with van der Waals surface area (Å²) in [6.07, 6.45) is 11.2. The van der Waals surface area contributed by atoms with Gasteiger partial charge >= 0.3 is 0 Å². The fourth-order valence-electron chi connectivity index (χ4n) is 6.31. The molecule has 2 aromatic heterocycles. The van der Waals surface area contributed by atoms with E-state index in [1.54, 1.807) is 6.20 Å². The molecule has 0 amide bonds. The number of piperidine rings is 1. The summed E-state index contributed by atoms with van der Waals surface area (Å²) in [7, 11) is 0. The van der Waals surface area contributed by atoms with Crippen molar-refractivity contribution in [3.8, 4) is 5.69 Å². The highest BCUT2D eigenvalue weighted by Crippen LogP contribution is 2.41. The number of nitrogens with zero attached hydrogens (tertiary/aromatic N) is 6. The third kappa shape index (κ3) is 5.68. The van der Waals surface area contributed by atoms with Gasteiger partial charge in [-0.05, 0) is 56.8 Å².